The minimum absolute atomic E-state index is 0.589. The third kappa shape index (κ3) is 1.46. The third-order valence-electron chi connectivity index (χ3n) is 1.36. The van der Waals surface area contributed by atoms with Crippen LogP contribution in [0.15, 0.2) is 0 Å². The van der Waals surface area contributed by atoms with Crippen LogP contribution in [0.4, 0.5) is 4.39 Å². The minimum atomic E-state index is -0.589. The molecule has 0 N–H and O–H groups in total. The monoisotopic (exact) mass is 101 g/mol. The molecule has 1 aliphatic carbocycles. The molecule has 0 spiro atoms. The molecule has 0 nitrogen and oxygen atoms in total. The zero-order valence-electron chi connectivity index (χ0n) is 4.36. The summed E-state index contributed by atoms with van der Waals surface area (Å²) in [6, 6.07) is 0. The van der Waals surface area contributed by atoms with Crippen LogP contribution in [-0.4, -0.2) is 6.17 Å². The van der Waals surface area contributed by atoms with Gasteiger partial charge in [0.15, 0.2) is 0 Å². The molecule has 0 aliphatic heterocycles. The van der Waals surface area contributed by atoms with Crippen LogP contribution in [0, 0.1) is 6.42 Å². The Balaban J connectivity index is 2.12. The fraction of sp³-hybridized carbons (Fsp3) is 0.833. The van der Waals surface area contributed by atoms with Crippen LogP contribution >= 0.6 is 0 Å². The van der Waals surface area contributed by atoms with Gasteiger partial charge in [0.05, 0.1) is 0 Å². The Kier molecular flexibility index (Phi) is 1.66. The second kappa shape index (κ2) is 2.29. The normalized spacial score (nSPS) is 25.3. The highest BCUT2D eigenvalue weighted by molar-refractivity contribution is 4.79. The van der Waals surface area contributed by atoms with E-state index in [2.05, 4.69) is 0 Å². The van der Waals surface area contributed by atoms with Crippen LogP contribution in [0.25, 0.3) is 0 Å². The van der Waals surface area contributed by atoms with Crippen LogP contribution in [0.2, 0.25) is 0 Å². The Hall–Kier alpha value is -0.0700. The van der Waals surface area contributed by atoms with Crippen molar-refractivity contribution < 1.29 is 4.39 Å². The van der Waals surface area contributed by atoms with Crippen LogP contribution in [-0.2, 0) is 0 Å². The predicted octanol–water partition coefficient (Wildman–Crippen LogP) is 2.10. The first-order chi connectivity index (χ1) is 3.39. The summed E-state index contributed by atoms with van der Waals surface area (Å²) < 4.78 is 12.1. The highest BCUT2D eigenvalue weighted by atomic mass is 19.1. The fourth-order valence-corrected chi connectivity index (χ4v) is 0.900. The molecular formula is C6H10F. The van der Waals surface area contributed by atoms with Gasteiger partial charge in [-0.2, -0.15) is 0 Å². The first-order valence-electron chi connectivity index (χ1n) is 2.87. The van der Waals surface area contributed by atoms with Crippen molar-refractivity contribution >= 4 is 0 Å². The summed E-state index contributed by atoms with van der Waals surface area (Å²) in [6.07, 6.45) is 5.21. The zero-order valence-corrected chi connectivity index (χ0v) is 4.36. The quantitative estimate of drug-likeness (QED) is 0.438. The Labute approximate surface area is 43.7 Å². The van der Waals surface area contributed by atoms with Gasteiger partial charge in [-0.05, 0) is 19.3 Å². The molecule has 7 heavy (non-hydrogen) atoms. The van der Waals surface area contributed by atoms with E-state index >= 15 is 0 Å². The van der Waals surface area contributed by atoms with Gasteiger partial charge in [0.2, 0.25) is 0 Å². The van der Waals surface area contributed by atoms with Crippen molar-refractivity contribution in [1.29, 1.82) is 0 Å². The smallest absolute Gasteiger partial charge is 0.103 e. The average Bonchev–Trinajstić information content (AvgIpc) is 1.69. The minimum Gasteiger partial charge on any atom is -0.247 e. The number of hydrogen-bond acceptors (Lipinski definition) is 0. The maximum Gasteiger partial charge on any atom is 0.103 e. The second-order valence-corrected chi connectivity index (χ2v) is 2.04. The fourth-order valence-electron chi connectivity index (χ4n) is 0.900. The van der Waals surface area contributed by atoms with Gasteiger partial charge in [-0.3, -0.25) is 0 Å². The van der Waals surface area contributed by atoms with Crippen molar-refractivity contribution in [2.24, 2.45) is 0 Å². The molecule has 0 aromatic heterocycles. The van der Waals surface area contributed by atoms with Gasteiger partial charge in [-0.25, -0.2) is 4.39 Å². The zero-order chi connectivity index (χ0) is 5.11. The highest BCUT2D eigenvalue weighted by Crippen LogP contribution is 2.18. The topological polar surface area (TPSA) is 0 Å². The summed E-state index contributed by atoms with van der Waals surface area (Å²) >= 11 is 0. The molecule has 1 unspecified atom stereocenters. The van der Waals surface area contributed by atoms with E-state index in [-0.39, 0.29) is 0 Å². The van der Waals surface area contributed by atoms with E-state index in [1.807, 2.05) is 0 Å². The van der Waals surface area contributed by atoms with Gasteiger partial charge in [0.25, 0.3) is 0 Å². The van der Waals surface area contributed by atoms with Crippen LogP contribution in [0.5, 0.6) is 0 Å². The number of alkyl halides is 1. The Morgan fingerprint density at radius 3 is 2.57 bits per heavy atom. The predicted molar refractivity (Wildman–Crippen MR) is 27.7 cm³/mol. The molecule has 1 saturated carbocycles. The van der Waals surface area contributed by atoms with Gasteiger partial charge >= 0.3 is 0 Å². The van der Waals surface area contributed by atoms with Crippen molar-refractivity contribution in [3.05, 3.63) is 6.42 Å². The molecule has 1 rings (SSSR count). The molecule has 41 valence electrons. The van der Waals surface area contributed by atoms with Gasteiger partial charge in [0.1, 0.15) is 6.17 Å². The lowest BCUT2D eigenvalue weighted by molar-refractivity contribution is 0.312. The summed E-state index contributed by atoms with van der Waals surface area (Å²) in [5.41, 5.74) is 0. The third-order valence-corrected chi connectivity index (χ3v) is 1.36. The first-order valence-corrected chi connectivity index (χ1v) is 2.87. The SMILES string of the molecule is FC1[CH]CCCC1. The Morgan fingerprint density at radius 2 is 2.29 bits per heavy atom. The van der Waals surface area contributed by atoms with Gasteiger partial charge in [0, 0.05) is 0 Å². The molecule has 1 atom stereocenters. The van der Waals surface area contributed by atoms with E-state index in [1.54, 1.807) is 6.42 Å². The molecule has 0 amide bonds. The first kappa shape index (κ1) is 5.07. The number of hydrogen-bond donors (Lipinski definition) is 0. The van der Waals surface area contributed by atoms with E-state index in [1.165, 1.54) is 6.42 Å². The van der Waals surface area contributed by atoms with E-state index in [9.17, 15) is 4.39 Å². The lowest BCUT2D eigenvalue weighted by atomic mass is 9.99. The highest BCUT2D eigenvalue weighted by Gasteiger charge is 2.10. The van der Waals surface area contributed by atoms with E-state index in [4.69, 9.17) is 0 Å². The number of rotatable bonds is 0. The summed E-state index contributed by atoms with van der Waals surface area (Å²) in [5.74, 6) is 0. The van der Waals surface area contributed by atoms with E-state index in [0.29, 0.717) is 0 Å². The Bertz CT molecular complexity index is 46.1. The molecule has 0 heterocycles. The summed E-state index contributed by atoms with van der Waals surface area (Å²) in [6.45, 7) is 0. The van der Waals surface area contributed by atoms with Crippen LogP contribution in [0.3, 0.4) is 0 Å². The lowest BCUT2D eigenvalue weighted by Crippen LogP contribution is -2.05. The number of halogens is 1. The van der Waals surface area contributed by atoms with Crippen molar-refractivity contribution in [3.63, 3.8) is 0 Å². The molecule has 1 radical (unpaired) electrons. The van der Waals surface area contributed by atoms with E-state index in [0.717, 1.165) is 19.3 Å². The maximum absolute atomic E-state index is 12.1. The second-order valence-electron chi connectivity index (χ2n) is 2.04. The Morgan fingerprint density at radius 1 is 1.43 bits per heavy atom. The van der Waals surface area contributed by atoms with Crippen LogP contribution in [0.1, 0.15) is 25.7 Å². The average molecular weight is 101 g/mol. The van der Waals surface area contributed by atoms with Crippen molar-refractivity contribution in [3.8, 4) is 0 Å². The summed E-state index contributed by atoms with van der Waals surface area (Å²) in [5, 5.41) is 0. The maximum atomic E-state index is 12.1. The van der Waals surface area contributed by atoms with Crippen molar-refractivity contribution in [2.75, 3.05) is 0 Å². The van der Waals surface area contributed by atoms with Gasteiger partial charge in [-0.15, -0.1) is 0 Å². The molecule has 0 aromatic rings. The molecule has 1 fully saturated rings. The molecule has 1 heteroatoms. The molecule has 0 saturated heterocycles. The summed E-state index contributed by atoms with van der Waals surface area (Å²) in [4.78, 5) is 0. The standard InChI is InChI=1S/C6H10F/c7-6-4-2-1-3-5-6/h4,6H,1-3,5H2. The largest absolute Gasteiger partial charge is 0.247 e. The molecule has 0 aromatic carbocycles. The van der Waals surface area contributed by atoms with Gasteiger partial charge < -0.3 is 0 Å². The summed E-state index contributed by atoms with van der Waals surface area (Å²) in [7, 11) is 0. The molecule has 0 bridgehead atoms. The van der Waals surface area contributed by atoms with E-state index < -0.39 is 6.17 Å². The molecular weight excluding hydrogens is 91.1 g/mol. The van der Waals surface area contributed by atoms with Crippen molar-refractivity contribution in [1.82, 2.24) is 0 Å². The van der Waals surface area contributed by atoms with Crippen molar-refractivity contribution in [2.45, 2.75) is 31.9 Å². The molecule has 1 aliphatic rings. The lowest BCUT2D eigenvalue weighted by Gasteiger charge is -2.11. The van der Waals surface area contributed by atoms with Gasteiger partial charge in [-0.1, -0.05) is 12.8 Å². The van der Waals surface area contributed by atoms with Crippen LogP contribution < -0.4 is 0 Å².